The average Bonchev–Trinajstić information content (AvgIpc) is 2.38. The van der Waals surface area contributed by atoms with Gasteiger partial charge in [0.25, 0.3) is 0 Å². The smallest absolute Gasteiger partial charge is 0.338 e. The molecule has 3 nitrogen and oxygen atoms in total. The van der Waals surface area contributed by atoms with Crippen LogP contribution in [0.15, 0.2) is 18.2 Å². The van der Waals surface area contributed by atoms with Gasteiger partial charge in [0, 0.05) is 12.8 Å². The summed E-state index contributed by atoms with van der Waals surface area (Å²) < 4.78 is 4.73. The standard InChI is InChI=1S/C15H18O3/c1-10-9-12(5-8-14(10)15(17)18-2)11-3-6-13(16)7-4-11/h5,8-9,11H,3-4,6-7H2,1-2H3. The fraction of sp³-hybridized carbons (Fsp3) is 0.467. The molecule has 0 amide bonds. The summed E-state index contributed by atoms with van der Waals surface area (Å²) in [6.07, 6.45) is 3.22. The van der Waals surface area contributed by atoms with Crippen LogP contribution < -0.4 is 0 Å². The maximum atomic E-state index is 11.5. The van der Waals surface area contributed by atoms with Gasteiger partial charge in [0.2, 0.25) is 0 Å². The summed E-state index contributed by atoms with van der Waals surface area (Å²) in [7, 11) is 1.39. The Morgan fingerprint density at radius 2 is 1.94 bits per heavy atom. The van der Waals surface area contributed by atoms with Crippen LogP contribution >= 0.6 is 0 Å². The summed E-state index contributed by atoms with van der Waals surface area (Å²) in [6.45, 7) is 1.92. The van der Waals surface area contributed by atoms with E-state index in [1.807, 2.05) is 25.1 Å². The molecule has 96 valence electrons. The molecule has 1 saturated carbocycles. The second-order valence-corrected chi connectivity index (χ2v) is 4.88. The first-order valence-corrected chi connectivity index (χ1v) is 6.32. The number of carbonyl (C=O) groups excluding carboxylic acids is 2. The molecule has 1 aliphatic rings. The van der Waals surface area contributed by atoms with Gasteiger partial charge in [-0.2, -0.15) is 0 Å². The van der Waals surface area contributed by atoms with Crippen LogP contribution in [0.4, 0.5) is 0 Å². The third-order valence-corrected chi connectivity index (χ3v) is 3.67. The Kier molecular flexibility index (Phi) is 3.80. The molecule has 0 aliphatic heterocycles. The second-order valence-electron chi connectivity index (χ2n) is 4.88. The van der Waals surface area contributed by atoms with Crippen molar-refractivity contribution < 1.29 is 14.3 Å². The summed E-state index contributed by atoms with van der Waals surface area (Å²) in [6, 6.07) is 5.86. The third-order valence-electron chi connectivity index (χ3n) is 3.67. The van der Waals surface area contributed by atoms with E-state index in [9.17, 15) is 9.59 Å². The van der Waals surface area contributed by atoms with E-state index in [0.29, 0.717) is 30.1 Å². The quantitative estimate of drug-likeness (QED) is 0.753. The lowest BCUT2D eigenvalue weighted by Crippen LogP contribution is -2.13. The molecule has 0 N–H and O–H groups in total. The van der Waals surface area contributed by atoms with Crippen molar-refractivity contribution in [1.29, 1.82) is 0 Å². The summed E-state index contributed by atoms with van der Waals surface area (Å²) in [4.78, 5) is 22.7. The number of aryl methyl sites for hydroxylation is 1. The van der Waals surface area contributed by atoms with Gasteiger partial charge in [-0.15, -0.1) is 0 Å². The van der Waals surface area contributed by atoms with Crippen molar-refractivity contribution in [3.63, 3.8) is 0 Å². The minimum Gasteiger partial charge on any atom is -0.465 e. The van der Waals surface area contributed by atoms with Crippen molar-refractivity contribution in [2.75, 3.05) is 7.11 Å². The molecule has 0 saturated heterocycles. The molecule has 1 aromatic rings. The highest BCUT2D eigenvalue weighted by Gasteiger charge is 2.21. The van der Waals surface area contributed by atoms with Crippen LogP contribution in [0, 0.1) is 6.92 Å². The number of hydrogen-bond acceptors (Lipinski definition) is 3. The lowest BCUT2D eigenvalue weighted by molar-refractivity contribution is -0.120. The predicted octanol–water partition coefficient (Wildman–Crippen LogP) is 3.01. The minimum absolute atomic E-state index is 0.294. The molecule has 18 heavy (non-hydrogen) atoms. The molecule has 0 radical (unpaired) electrons. The maximum Gasteiger partial charge on any atom is 0.338 e. The molecule has 0 spiro atoms. The molecule has 0 bridgehead atoms. The van der Waals surface area contributed by atoms with Crippen LogP contribution in [0.5, 0.6) is 0 Å². The Morgan fingerprint density at radius 1 is 1.28 bits per heavy atom. The van der Waals surface area contributed by atoms with Crippen molar-refractivity contribution in [3.05, 3.63) is 34.9 Å². The van der Waals surface area contributed by atoms with E-state index in [-0.39, 0.29) is 5.97 Å². The summed E-state index contributed by atoms with van der Waals surface area (Å²) in [5.41, 5.74) is 2.79. The van der Waals surface area contributed by atoms with E-state index >= 15 is 0 Å². The van der Waals surface area contributed by atoms with Crippen molar-refractivity contribution >= 4 is 11.8 Å². The molecule has 0 heterocycles. The first kappa shape index (κ1) is 12.8. The number of hydrogen-bond donors (Lipinski definition) is 0. The number of esters is 1. The second kappa shape index (κ2) is 5.34. The van der Waals surface area contributed by atoms with Gasteiger partial charge < -0.3 is 4.74 Å². The van der Waals surface area contributed by atoms with Crippen LogP contribution in [0.1, 0.15) is 53.1 Å². The van der Waals surface area contributed by atoms with Crippen molar-refractivity contribution in [3.8, 4) is 0 Å². The largest absolute Gasteiger partial charge is 0.465 e. The lowest BCUT2D eigenvalue weighted by Gasteiger charge is -2.22. The van der Waals surface area contributed by atoms with Crippen LogP contribution in [-0.4, -0.2) is 18.9 Å². The number of methoxy groups -OCH3 is 1. The maximum absolute atomic E-state index is 11.5. The van der Waals surface area contributed by atoms with E-state index in [1.54, 1.807) is 0 Å². The number of carbonyl (C=O) groups is 2. The first-order chi connectivity index (χ1) is 8.61. The molecule has 1 aliphatic carbocycles. The Labute approximate surface area is 107 Å². The summed E-state index contributed by atoms with van der Waals surface area (Å²) >= 11 is 0. The third kappa shape index (κ3) is 2.61. The Bertz CT molecular complexity index is 467. The van der Waals surface area contributed by atoms with Gasteiger partial charge in [-0.1, -0.05) is 12.1 Å². The van der Waals surface area contributed by atoms with Gasteiger partial charge in [-0.3, -0.25) is 4.79 Å². The van der Waals surface area contributed by atoms with Crippen LogP contribution in [0.3, 0.4) is 0 Å². The molecular weight excluding hydrogens is 228 g/mol. The zero-order chi connectivity index (χ0) is 13.1. The number of benzene rings is 1. The number of ketones is 1. The topological polar surface area (TPSA) is 43.4 Å². The Morgan fingerprint density at radius 3 is 2.50 bits per heavy atom. The normalized spacial score (nSPS) is 16.7. The molecule has 1 fully saturated rings. The van der Waals surface area contributed by atoms with Gasteiger partial charge >= 0.3 is 5.97 Å². The summed E-state index contributed by atoms with van der Waals surface area (Å²) in [5.74, 6) is 0.528. The highest BCUT2D eigenvalue weighted by molar-refractivity contribution is 5.91. The van der Waals surface area contributed by atoms with Gasteiger partial charge in [0.1, 0.15) is 5.78 Å². The van der Waals surface area contributed by atoms with Crippen LogP contribution in [0.25, 0.3) is 0 Å². The Balaban J connectivity index is 2.18. The monoisotopic (exact) mass is 246 g/mol. The fourth-order valence-electron chi connectivity index (χ4n) is 2.55. The number of rotatable bonds is 2. The van der Waals surface area contributed by atoms with Crippen LogP contribution in [-0.2, 0) is 9.53 Å². The molecule has 3 heteroatoms. The minimum atomic E-state index is -0.294. The predicted molar refractivity (Wildman–Crippen MR) is 68.7 cm³/mol. The molecular formula is C15H18O3. The highest BCUT2D eigenvalue weighted by Crippen LogP contribution is 2.32. The average molecular weight is 246 g/mol. The first-order valence-electron chi connectivity index (χ1n) is 6.32. The zero-order valence-electron chi connectivity index (χ0n) is 10.9. The number of Topliss-reactive ketones (excluding diaryl/α,β-unsaturated/α-hetero) is 1. The Hall–Kier alpha value is -1.64. The molecule has 1 aromatic carbocycles. The van der Waals surface area contributed by atoms with E-state index < -0.39 is 0 Å². The van der Waals surface area contributed by atoms with Gasteiger partial charge in [-0.05, 0) is 42.9 Å². The van der Waals surface area contributed by atoms with E-state index in [4.69, 9.17) is 4.74 Å². The SMILES string of the molecule is COC(=O)c1ccc(C2CCC(=O)CC2)cc1C. The molecule has 0 unspecified atom stereocenters. The van der Waals surface area contributed by atoms with Gasteiger partial charge in [0.05, 0.1) is 12.7 Å². The van der Waals surface area contributed by atoms with E-state index in [2.05, 4.69) is 0 Å². The van der Waals surface area contributed by atoms with Crippen molar-refractivity contribution in [2.24, 2.45) is 0 Å². The fourth-order valence-corrected chi connectivity index (χ4v) is 2.55. The van der Waals surface area contributed by atoms with E-state index in [0.717, 1.165) is 18.4 Å². The zero-order valence-corrected chi connectivity index (χ0v) is 10.9. The number of ether oxygens (including phenoxy) is 1. The highest BCUT2D eigenvalue weighted by atomic mass is 16.5. The molecule has 0 atom stereocenters. The van der Waals surface area contributed by atoms with E-state index in [1.165, 1.54) is 12.7 Å². The van der Waals surface area contributed by atoms with Crippen molar-refractivity contribution in [2.45, 2.75) is 38.5 Å². The van der Waals surface area contributed by atoms with Gasteiger partial charge in [0.15, 0.2) is 0 Å². The van der Waals surface area contributed by atoms with Crippen LogP contribution in [0.2, 0.25) is 0 Å². The lowest BCUT2D eigenvalue weighted by atomic mass is 9.82. The molecule has 0 aromatic heterocycles. The van der Waals surface area contributed by atoms with Crippen molar-refractivity contribution in [1.82, 2.24) is 0 Å². The molecule has 2 rings (SSSR count). The summed E-state index contributed by atoms with van der Waals surface area (Å²) in [5, 5.41) is 0. The van der Waals surface area contributed by atoms with Gasteiger partial charge in [-0.25, -0.2) is 4.79 Å².